The maximum absolute atomic E-state index is 10.1. The van der Waals surface area contributed by atoms with Crippen molar-refractivity contribution in [3.8, 4) is 17.2 Å². The average Bonchev–Trinajstić information content (AvgIpc) is 2.50. The van der Waals surface area contributed by atoms with Gasteiger partial charge in [0.25, 0.3) is 0 Å². The lowest BCUT2D eigenvalue weighted by molar-refractivity contribution is 0.170. The van der Waals surface area contributed by atoms with Gasteiger partial charge in [0, 0.05) is 5.56 Å². The number of halogens is 2. The van der Waals surface area contributed by atoms with Crippen LogP contribution in [0.5, 0.6) is 17.2 Å². The van der Waals surface area contributed by atoms with E-state index in [0.29, 0.717) is 17.9 Å². The Balaban J connectivity index is 2.37. The summed E-state index contributed by atoms with van der Waals surface area (Å²) in [5, 5.41) is 10.1. The van der Waals surface area contributed by atoms with Crippen LogP contribution in [0.4, 0.5) is 0 Å². The van der Waals surface area contributed by atoms with Crippen LogP contribution in [0.25, 0.3) is 0 Å². The molecule has 3 nitrogen and oxygen atoms in total. The fourth-order valence-electron chi connectivity index (χ4n) is 1.93. The summed E-state index contributed by atoms with van der Waals surface area (Å²) < 4.78 is 12.8. The minimum atomic E-state index is -0.540. The molecule has 2 rings (SSSR count). The Labute approximate surface area is 141 Å². The highest BCUT2D eigenvalue weighted by Gasteiger charge is 2.14. The molecule has 21 heavy (non-hydrogen) atoms. The highest BCUT2D eigenvalue weighted by molar-refractivity contribution is 9.11. The predicted octanol–water partition coefficient (Wildman–Crippen LogP) is 5.46. The van der Waals surface area contributed by atoms with E-state index < -0.39 is 6.10 Å². The molecule has 0 saturated carbocycles. The van der Waals surface area contributed by atoms with E-state index >= 15 is 0 Å². The molecule has 5 heteroatoms. The third kappa shape index (κ3) is 3.78. The minimum absolute atomic E-state index is 0.540. The summed E-state index contributed by atoms with van der Waals surface area (Å²) >= 11 is 6.91. The zero-order valence-corrected chi connectivity index (χ0v) is 14.9. The van der Waals surface area contributed by atoms with Crippen LogP contribution in [0.3, 0.4) is 0 Å². The van der Waals surface area contributed by atoms with Gasteiger partial charge in [-0.3, -0.25) is 0 Å². The second-order valence-corrected chi connectivity index (χ2v) is 6.19. The number of aliphatic hydroxyl groups is 1. The van der Waals surface area contributed by atoms with Crippen molar-refractivity contribution >= 4 is 31.9 Å². The van der Waals surface area contributed by atoms with Crippen molar-refractivity contribution in [1.29, 1.82) is 0 Å². The molecule has 0 radical (unpaired) electrons. The SMILES string of the molecule is CC[C@H](O)c1ccccc1Oc1cc(Br)c(OC)cc1Br. The molecule has 1 N–H and O–H groups in total. The van der Waals surface area contributed by atoms with Crippen LogP contribution in [0.2, 0.25) is 0 Å². The smallest absolute Gasteiger partial charge is 0.143 e. The van der Waals surface area contributed by atoms with Crippen LogP contribution >= 0.6 is 31.9 Å². The highest BCUT2D eigenvalue weighted by atomic mass is 79.9. The number of aliphatic hydroxyl groups excluding tert-OH is 1. The number of hydrogen-bond donors (Lipinski definition) is 1. The molecule has 0 spiro atoms. The van der Waals surface area contributed by atoms with Crippen LogP contribution in [0.1, 0.15) is 25.0 Å². The Hall–Kier alpha value is -1.04. The van der Waals surface area contributed by atoms with Crippen molar-refractivity contribution in [3.05, 3.63) is 50.9 Å². The lowest BCUT2D eigenvalue weighted by Crippen LogP contribution is -1.99. The van der Waals surface area contributed by atoms with E-state index in [2.05, 4.69) is 31.9 Å². The third-order valence-corrected chi connectivity index (χ3v) is 4.33. The molecule has 1 atom stereocenters. The van der Waals surface area contributed by atoms with Crippen LogP contribution < -0.4 is 9.47 Å². The zero-order valence-electron chi connectivity index (χ0n) is 11.8. The van der Waals surface area contributed by atoms with Gasteiger partial charge in [-0.1, -0.05) is 25.1 Å². The van der Waals surface area contributed by atoms with Crippen molar-refractivity contribution in [2.24, 2.45) is 0 Å². The number of rotatable bonds is 5. The molecule has 0 unspecified atom stereocenters. The van der Waals surface area contributed by atoms with Crippen molar-refractivity contribution < 1.29 is 14.6 Å². The van der Waals surface area contributed by atoms with Gasteiger partial charge >= 0.3 is 0 Å². The van der Waals surface area contributed by atoms with Crippen LogP contribution in [0, 0.1) is 0 Å². The topological polar surface area (TPSA) is 38.7 Å². The largest absolute Gasteiger partial charge is 0.496 e. The van der Waals surface area contributed by atoms with Crippen molar-refractivity contribution in [1.82, 2.24) is 0 Å². The van der Waals surface area contributed by atoms with Gasteiger partial charge in [0.15, 0.2) is 0 Å². The van der Waals surface area contributed by atoms with Gasteiger partial charge in [0.2, 0.25) is 0 Å². The molecule has 0 heterocycles. The van der Waals surface area contributed by atoms with Gasteiger partial charge in [-0.05, 0) is 56.5 Å². The maximum Gasteiger partial charge on any atom is 0.143 e. The summed E-state index contributed by atoms with van der Waals surface area (Å²) in [4.78, 5) is 0. The van der Waals surface area contributed by atoms with Gasteiger partial charge in [-0.2, -0.15) is 0 Å². The molecule has 0 amide bonds. The fourth-order valence-corrected chi connectivity index (χ4v) is 2.82. The Bertz CT molecular complexity index is 629. The monoisotopic (exact) mass is 414 g/mol. The Morgan fingerprint density at radius 1 is 1.05 bits per heavy atom. The van der Waals surface area contributed by atoms with Gasteiger partial charge in [-0.25, -0.2) is 0 Å². The first-order valence-corrected chi connectivity index (χ1v) is 8.13. The first-order valence-electron chi connectivity index (χ1n) is 6.54. The van der Waals surface area contributed by atoms with Crippen LogP contribution in [-0.2, 0) is 0 Å². The van der Waals surface area contributed by atoms with E-state index in [-0.39, 0.29) is 0 Å². The number of methoxy groups -OCH3 is 1. The minimum Gasteiger partial charge on any atom is -0.496 e. The Kier molecular flexibility index (Phi) is 5.67. The van der Waals surface area contributed by atoms with Crippen molar-refractivity contribution in [2.75, 3.05) is 7.11 Å². The van der Waals surface area contributed by atoms with E-state index in [1.807, 2.05) is 43.3 Å². The van der Waals surface area contributed by atoms with Gasteiger partial charge < -0.3 is 14.6 Å². The van der Waals surface area contributed by atoms with E-state index in [9.17, 15) is 5.11 Å². The third-order valence-electron chi connectivity index (χ3n) is 3.09. The van der Waals surface area contributed by atoms with Gasteiger partial charge in [0.1, 0.15) is 17.2 Å². The van der Waals surface area contributed by atoms with Crippen LogP contribution in [0.15, 0.2) is 45.3 Å². The summed E-state index contributed by atoms with van der Waals surface area (Å²) in [5.41, 5.74) is 0.777. The first kappa shape index (κ1) is 16.3. The quantitative estimate of drug-likeness (QED) is 0.704. The first-order chi connectivity index (χ1) is 10.1. The molecule has 112 valence electrons. The highest BCUT2D eigenvalue weighted by Crippen LogP contribution is 2.39. The second-order valence-electron chi connectivity index (χ2n) is 4.48. The molecule has 0 bridgehead atoms. The fraction of sp³-hybridized carbons (Fsp3) is 0.250. The lowest BCUT2D eigenvalue weighted by Gasteiger charge is -2.16. The molecular formula is C16H16Br2O3. The molecule has 0 aliphatic carbocycles. The van der Waals surface area contributed by atoms with Gasteiger partial charge in [0.05, 0.1) is 22.2 Å². The molecule has 2 aromatic rings. The lowest BCUT2D eigenvalue weighted by atomic mass is 10.1. The van der Waals surface area contributed by atoms with Crippen molar-refractivity contribution in [2.45, 2.75) is 19.4 Å². The standard InChI is InChI=1S/C16H16Br2O3/c1-3-13(19)10-6-4-5-7-14(10)21-16-9-11(17)15(20-2)8-12(16)18/h4-9,13,19H,3H2,1-2H3/t13-/m0/s1. The summed E-state index contributed by atoms with van der Waals surface area (Å²) in [6, 6.07) is 11.2. The average molecular weight is 416 g/mol. The number of hydrogen-bond acceptors (Lipinski definition) is 3. The van der Waals surface area contributed by atoms with E-state index in [0.717, 1.165) is 20.3 Å². The number of para-hydroxylation sites is 1. The van der Waals surface area contributed by atoms with Crippen molar-refractivity contribution in [3.63, 3.8) is 0 Å². The van der Waals surface area contributed by atoms with E-state index in [1.54, 1.807) is 7.11 Å². The number of benzene rings is 2. The van der Waals surface area contributed by atoms with Crippen LogP contribution in [-0.4, -0.2) is 12.2 Å². The summed E-state index contributed by atoms with van der Waals surface area (Å²) in [6.07, 6.45) is 0.0927. The predicted molar refractivity (Wildman–Crippen MR) is 90.2 cm³/mol. The number of ether oxygens (including phenoxy) is 2. The van der Waals surface area contributed by atoms with Gasteiger partial charge in [-0.15, -0.1) is 0 Å². The molecule has 0 aromatic heterocycles. The summed E-state index contributed by atoms with van der Waals surface area (Å²) in [7, 11) is 1.61. The molecular weight excluding hydrogens is 400 g/mol. The molecule has 2 aromatic carbocycles. The van der Waals surface area contributed by atoms with E-state index in [1.165, 1.54) is 0 Å². The summed E-state index contributed by atoms with van der Waals surface area (Å²) in [6.45, 7) is 1.93. The second kappa shape index (κ2) is 7.29. The molecule has 0 aliphatic heterocycles. The van der Waals surface area contributed by atoms with E-state index in [4.69, 9.17) is 9.47 Å². The molecule has 0 fully saturated rings. The Morgan fingerprint density at radius 3 is 2.33 bits per heavy atom. The molecule has 0 aliphatic rings. The summed E-state index contributed by atoms with van der Waals surface area (Å²) in [5.74, 6) is 2.01. The normalized spacial score (nSPS) is 12.0. The molecule has 0 saturated heterocycles. The zero-order chi connectivity index (χ0) is 15.4. The maximum atomic E-state index is 10.1. The Morgan fingerprint density at radius 2 is 1.67 bits per heavy atom.